The SMILES string of the molecule is CCOc1ccccc1N1CCN([C@@H](C)C(=O)Nc2cccc(C(C)=O)c2)CC1. The smallest absolute Gasteiger partial charge is 0.241 e. The first-order valence-electron chi connectivity index (χ1n) is 10.1. The number of Topliss-reactive ketones (excluding diaryl/α,β-unsaturated/α-hetero) is 1. The van der Waals surface area contributed by atoms with Crippen molar-refractivity contribution in [3.8, 4) is 5.75 Å². The number of carbonyl (C=O) groups excluding carboxylic acids is 2. The van der Waals surface area contributed by atoms with Crippen LogP contribution in [0.15, 0.2) is 48.5 Å². The largest absolute Gasteiger partial charge is 0.492 e. The van der Waals surface area contributed by atoms with Gasteiger partial charge in [0.15, 0.2) is 5.78 Å². The van der Waals surface area contributed by atoms with E-state index in [1.165, 1.54) is 6.92 Å². The molecule has 1 fully saturated rings. The summed E-state index contributed by atoms with van der Waals surface area (Å²) in [5.74, 6) is 0.825. The van der Waals surface area contributed by atoms with Crippen LogP contribution >= 0.6 is 0 Å². The Balaban J connectivity index is 1.58. The molecule has 0 aromatic heterocycles. The van der Waals surface area contributed by atoms with Crippen LogP contribution in [0.25, 0.3) is 0 Å². The number of amides is 1. The molecule has 3 rings (SSSR count). The monoisotopic (exact) mass is 395 g/mol. The lowest BCUT2D eigenvalue weighted by atomic mass is 10.1. The molecule has 1 atom stereocenters. The third kappa shape index (κ3) is 5.15. The maximum absolute atomic E-state index is 12.7. The number of ether oxygens (including phenoxy) is 1. The van der Waals surface area contributed by atoms with Crippen LogP contribution in [0.1, 0.15) is 31.1 Å². The van der Waals surface area contributed by atoms with E-state index in [-0.39, 0.29) is 17.7 Å². The van der Waals surface area contributed by atoms with Gasteiger partial charge in [0.2, 0.25) is 5.91 Å². The molecule has 29 heavy (non-hydrogen) atoms. The molecule has 0 saturated carbocycles. The van der Waals surface area contributed by atoms with Crippen LogP contribution in [-0.2, 0) is 4.79 Å². The molecule has 1 saturated heterocycles. The number of rotatable bonds is 7. The molecule has 0 spiro atoms. The van der Waals surface area contributed by atoms with E-state index >= 15 is 0 Å². The molecule has 1 aliphatic heterocycles. The van der Waals surface area contributed by atoms with Crippen molar-refractivity contribution < 1.29 is 14.3 Å². The molecule has 0 unspecified atom stereocenters. The van der Waals surface area contributed by atoms with Crippen molar-refractivity contribution in [2.75, 3.05) is 43.0 Å². The van der Waals surface area contributed by atoms with Gasteiger partial charge in [-0.1, -0.05) is 24.3 Å². The highest BCUT2D eigenvalue weighted by molar-refractivity contribution is 5.98. The summed E-state index contributed by atoms with van der Waals surface area (Å²) in [5, 5.41) is 2.94. The van der Waals surface area contributed by atoms with Gasteiger partial charge in [0, 0.05) is 37.4 Å². The molecule has 0 radical (unpaired) electrons. The van der Waals surface area contributed by atoms with E-state index in [0.717, 1.165) is 37.6 Å². The highest BCUT2D eigenvalue weighted by Crippen LogP contribution is 2.29. The molecular weight excluding hydrogens is 366 g/mol. The van der Waals surface area contributed by atoms with E-state index in [9.17, 15) is 9.59 Å². The summed E-state index contributed by atoms with van der Waals surface area (Å²) in [5.41, 5.74) is 2.35. The van der Waals surface area contributed by atoms with Crippen molar-refractivity contribution in [2.45, 2.75) is 26.8 Å². The fraction of sp³-hybridized carbons (Fsp3) is 0.391. The van der Waals surface area contributed by atoms with Gasteiger partial charge < -0.3 is 15.0 Å². The second-order valence-corrected chi connectivity index (χ2v) is 7.23. The van der Waals surface area contributed by atoms with E-state index in [1.54, 1.807) is 24.3 Å². The first kappa shape index (κ1) is 20.9. The first-order chi connectivity index (χ1) is 14.0. The van der Waals surface area contributed by atoms with E-state index < -0.39 is 0 Å². The normalized spacial score (nSPS) is 15.6. The lowest BCUT2D eigenvalue weighted by molar-refractivity contribution is -0.120. The number of nitrogens with one attached hydrogen (secondary N) is 1. The number of carbonyl (C=O) groups is 2. The topological polar surface area (TPSA) is 61.9 Å². The van der Waals surface area contributed by atoms with Crippen molar-refractivity contribution in [3.05, 3.63) is 54.1 Å². The minimum absolute atomic E-state index is 0.0161. The van der Waals surface area contributed by atoms with Gasteiger partial charge in [-0.15, -0.1) is 0 Å². The zero-order valence-electron chi connectivity index (χ0n) is 17.4. The van der Waals surface area contributed by atoms with Crippen molar-refractivity contribution in [2.24, 2.45) is 0 Å². The van der Waals surface area contributed by atoms with E-state index in [2.05, 4.69) is 21.2 Å². The van der Waals surface area contributed by atoms with E-state index in [4.69, 9.17) is 4.74 Å². The number of anilines is 2. The van der Waals surface area contributed by atoms with Crippen LogP contribution in [0.4, 0.5) is 11.4 Å². The summed E-state index contributed by atoms with van der Waals surface area (Å²) in [4.78, 5) is 28.7. The van der Waals surface area contributed by atoms with Gasteiger partial charge in [-0.05, 0) is 45.0 Å². The van der Waals surface area contributed by atoms with E-state index in [1.807, 2.05) is 32.0 Å². The van der Waals surface area contributed by atoms with Crippen LogP contribution in [0.5, 0.6) is 5.75 Å². The Morgan fingerprint density at radius 2 is 1.79 bits per heavy atom. The Morgan fingerprint density at radius 1 is 1.07 bits per heavy atom. The van der Waals surface area contributed by atoms with Gasteiger partial charge >= 0.3 is 0 Å². The molecule has 6 nitrogen and oxygen atoms in total. The average Bonchev–Trinajstić information content (AvgIpc) is 2.74. The number of nitrogens with zero attached hydrogens (tertiary/aromatic N) is 2. The number of hydrogen-bond donors (Lipinski definition) is 1. The highest BCUT2D eigenvalue weighted by atomic mass is 16.5. The predicted molar refractivity (Wildman–Crippen MR) is 116 cm³/mol. The molecule has 154 valence electrons. The predicted octanol–water partition coefficient (Wildman–Crippen LogP) is 3.44. The number of ketones is 1. The zero-order valence-corrected chi connectivity index (χ0v) is 17.4. The summed E-state index contributed by atoms with van der Waals surface area (Å²) in [6.45, 7) is 9.33. The third-order valence-corrected chi connectivity index (χ3v) is 5.28. The molecule has 2 aromatic carbocycles. The van der Waals surface area contributed by atoms with Crippen molar-refractivity contribution >= 4 is 23.1 Å². The molecule has 6 heteroatoms. The molecule has 2 aromatic rings. The van der Waals surface area contributed by atoms with Crippen molar-refractivity contribution in [3.63, 3.8) is 0 Å². The van der Waals surface area contributed by atoms with Crippen LogP contribution in [0, 0.1) is 0 Å². The number of para-hydroxylation sites is 2. The van der Waals surface area contributed by atoms with Crippen LogP contribution in [-0.4, -0.2) is 55.4 Å². The standard InChI is InChI=1S/C23H29N3O3/c1-4-29-22-11-6-5-10-21(22)26-14-12-25(13-15-26)17(2)23(28)24-20-9-7-8-19(16-20)18(3)27/h5-11,16-17H,4,12-15H2,1-3H3,(H,24,28)/t17-/m0/s1. The third-order valence-electron chi connectivity index (χ3n) is 5.28. The maximum atomic E-state index is 12.7. The van der Waals surface area contributed by atoms with Gasteiger partial charge in [-0.25, -0.2) is 0 Å². The summed E-state index contributed by atoms with van der Waals surface area (Å²) in [6.07, 6.45) is 0. The fourth-order valence-electron chi connectivity index (χ4n) is 3.57. The summed E-state index contributed by atoms with van der Waals surface area (Å²) in [6, 6.07) is 14.9. The Morgan fingerprint density at radius 3 is 2.48 bits per heavy atom. The van der Waals surface area contributed by atoms with Gasteiger partial charge in [0.1, 0.15) is 5.75 Å². The molecule has 1 amide bonds. The summed E-state index contributed by atoms with van der Waals surface area (Å²) < 4.78 is 5.75. The summed E-state index contributed by atoms with van der Waals surface area (Å²) >= 11 is 0. The van der Waals surface area contributed by atoms with Crippen molar-refractivity contribution in [1.82, 2.24) is 4.90 Å². The minimum atomic E-state index is -0.250. The molecule has 0 bridgehead atoms. The van der Waals surface area contributed by atoms with Gasteiger partial charge in [-0.2, -0.15) is 0 Å². The van der Waals surface area contributed by atoms with Gasteiger partial charge in [-0.3, -0.25) is 14.5 Å². The minimum Gasteiger partial charge on any atom is -0.492 e. The molecular formula is C23H29N3O3. The zero-order chi connectivity index (χ0) is 20.8. The first-order valence-corrected chi connectivity index (χ1v) is 10.1. The van der Waals surface area contributed by atoms with E-state index in [0.29, 0.717) is 17.9 Å². The van der Waals surface area contributed by atoms with Crippen molar-refractivity contribution in [1.29, 1.82) is 0 Å². The molecule has 0 aliphatic carbocycles. The highest BCUT2D eigenvalue weighted by Gasteiger charge is 2.26. The van der Waals surface area contributed by atoms with Crippen LogP contribution < -0.4 is 15.0 Å². The molecule has 1 N–H and O–H groups in total. The quantitative estimate of drug-likeness (QED) is 0.728. The van der Waals surface area contributed by atoms with Gasteiger partial charge in [0.05, 0.1) is 18.3 Å². The molecule has 1 heterocycles. The Kier molecular flexibility index (Phi) is 6.88. The second-order valence-electron chi connectivity index (χ2n) is 7.23. The molecule has 1 aliphatic rings. The number of hydrogen-bond acceptors (Lipinski definition) is 5. The van der Waals surface area contributed by atoms with Crippen LogP contribution in [0.2, 0.25) is 0 Å². The van der Waals surface area contributed by atoms with Gasteiger partial charge in [0.25, 0.3) is 0 Å². The Hall–Kier alpha value is -2.86. The lowest BCUT2D eigenvalue weighted by Gasteiger charge is -2.39. The fourth-order valence-corrected chi connectivity index (χ4v) is 3.57. The average molecular weight is 396 g/mol. The number of benzene rings is 2. The Labute approximate surface area is 172 Å². The lowest BCUT2D eigenvalue weighted by Crippen LogP contribution is -2.52. The van der Waals surface area contributed by atoms with Crippen LogP contribution in [0.3, 0.4) is 0 Å². The summed E-state index contributed by atoms with van der Waals surface area (Å²) in [7, 11) is 0. The second kappa shape index (κ2) is 9.56. The number of piperazine rings is 1. The maximum Gasteiger partial charge on any atom is 0.241 e. The Bertz CT molecular complexity index is 860.